The number of hydrogen-bond donors (Lipinski definition) is 4. The first-order valence-corrected chi connectivity index (χ1v) is 9.67. The molecule has 4 aliphatic rings. The minimum atomic E-state index is -0.686. The fourth-order valence-electron chi connectivity index (χ4n) is 5.53. The van der Waals surface area contributed by atoms with Crippen LogP contribution in [0.25, 0.3) is 10.9 Å². The van der Waals surface area contributed by atoms with Gasteiger partial charge >= 0.3 is 5.97 Å². The van der Waals surface area contributed by atoms with Crippen LogP contribution < -0.4 is 6.15 Å². The molecule has 1 aliphatic heterocycles. The minimum Gasteiger partial charge on any atom is -0.481 e. The van der Waals surface area contributed by atoms with E-state index in [0.717, 1.165) is 34.3 Å². The van der Waals surface area contributed by atoms with Crippen molar-refractivity contribution >= 4 is 22.8 Å². The minimum absolute atomic E-state index is 0. The highest BCUT2D eigenvalue weighted by Gasteiger charge is 2.73. The van der Waals surface area contributed by atoms with E-state index in [-0.39, 0.29) is 17.5 Å². The van der Waals surface area contributed by atoms with Crippen LogP contribution in [-0.2, 0) is 23.2 Å². The van der Waals surface area contributed by atoms with Crippen LogP contribution in [0.1, 0.15) is 46.7 Å². The van der Waals surface area contributed by atoms with Gasteiger partial charge in [0.25, 0.3) is 5.91 Å². The molecule has 3 saturated carbocycles. The molecule has 3 aromatic rings. The average Bonchev–Trinajstić information content (AvgIpc) is 3.22. The number of hydrogen-bond acceptors (Lipinski definition) is 4. The Morgan fingerprint density at radius 3 is 2.66 bits per heavy atom. The van der Waals surface area contributed by atoms with Gasteiger partial charge in [0.2, 0.25) is 0 Å². The van der Waals surface area contributed by atoms with Crippen LogP contribution in [0.15, 0.2) is 30.3 Å². The molecule has 1 aromatic carbocycles. The first kappa shape index (κ1) is 17.9. The van der Waals surface area contributed by atoms with E-state index in [1.165, 1.54) is 0 Å². The van der Waals surface area contributed by atoms with Crippen molar-refractivity contribution in [1.82, 2.24) is 26.2 Å². The highest BCUT2D eigenvalue weighted by atomic mass is 16.4. The second-order valence-electron chi connectivity index (χ2n) is 8.67. The van der Waals surface area contributed by atoms with E-state index in [4.69, 9.17) is 0 Å². The number of carboxylic acids is 1. The van der Waals surface area contributed by atoms with Crippen molar-refractivity contribution in [2.75, 3.05) is 6.54 Å². The van der Waals surface area contributed by atoms with Crippen LogP contribution in [0.5, 0.6) is 0 Å². The van der Waals surface area contributed by atoms with Crippen molar-refractivity contribution in [2.45, 2.75) is 37.6 Å². The highest BCUT2D eigenvalue weighted by Crippen LogP contribution is 2.73. The maximum Gasteiger partial charge on any atom is 0.309 e. The number of carbonyl (C=O) groups excluding carboxylic acids is 1. The molecule has 150 valence electrons. The molecule has 6 N–H and O–H groups in total. The summed E-state index contributed by atoms with van der Waals surface area (Å²) in [5, 5.41) is 18.1. The van der Waals surface area contributed by atoms with E-state index in [2.05, 4.69) is 15.2 Å². The quantitative estimate of drug-likeness (QED) is 0.542. The van der Waals surface area contributed by atoms with Gasteiger partial charge in [-0.1, -0.05) is 18.2 Å². The van der Waals surface area contributed by atoms with Gasteiger partial charge in [-0.25, -0.2) is 0 Å². The Kier molecular flexibility index (Phi) is 3.52. The zero-order valence-electron chi connectivity index (χ0n) is 16.0. The number of aliphatic carboxylic acids is 1. The first-order chi connectivity index (χ1) is 13.5. The van der Waals surface area contributed by atoms with Gasteiger partial charge in [-0.2, -0.15) is 5.10 Å². The highest BCUT2D eigenvalue weighted by molar-refractivity contribution is 5.98. The smallest absolute Gasteiger partial charge is 0.309 e. The molecule has 0 radical (unpaired) electrons. The standard InChI is InChI=1S/C21H20N4O3.H3N/c26-18(16-7-12-3-1-2-4-14(12)22-16)25-6-5-15-13(8-25)17(24-23-15)20-9-21(10-20,11-20)19(27)28;/h1-4,7,22H,5-6,8-11H2,(H,23,24)(H,27,28);1H3. The number of nitrogens with one attached hydrogen (secondary N) is 2. The number of aromatic nitrogens is 3. The molecule has 2 bridgehead atoms. The summed E-state index contributed by atoms with van der Waals surface area (Å²) in [5.41, 5.74) is 4.10. The molecule has 3 aliphatic carbocycles. The molecule has 0 saturated heterocycles. The van der Waals surface area contributed by atoms with Crippen LogP contribution >= 0.6 is 0 Å². The van der Waals surface area contributed by atoms with Crippen LogP contribution in [-0.4, -0.2) is 43.6 Å². The number of nitrogens with zero attached hydrogens (tertiary/aromatic N) is 2. The molecular weight excluding hydrogens is 370 g/mol. The summed E-state index contributed by atoms with van der Waals surface area (Å²) in [6.45, 7) is 1.17. The topological polar surface area (TPSA) is 137 Å². The summed E-state index contributed by atoms with van der Waals surface area (Å²) >= 11 is 0. The van der Waals surface area contributed by atoms with Crippen LogP contribution in [0.2, 0.25) is 0 Å². The lowest BCUT2D eigenvalue weighted by molar-refractivity contribution is -0.195. The second kappa shape index (κ2) is 5.70. The average molecular weight is 393 g/mol. The summed E-state index contributed by atoms with van der Waals surface area (Å²) in [6.07, 6.45) is 2.75. The third kappa shape index (κ3) is 2.26. The summed E-state index contributed by atoms with van der Waals surface area (Å²) < 4.78 is 0. The van der Waals surface area contributed by atoms with Crippen LogP contribution in [0, 0.1) is 5.41 Å². The molecule has 0 atom stereocenters. The monoisotopic (exact) mass is 393 g/mol. The van der Waals surface area contributed by atoms with Gasteiger partial charge in [-0.3, -0.25) is 14.7 Å². The van der Waals surface area contributed by atoms with E-state index >= 15 is 0 Å². The van der Waals surface area contributed by atoms with Crippen molar-refractivity contribution in [1.29, 1.82) is 0 Å². The van der Waals surface area contributed by atoms with E-state index in [1.807, 2.05) is 35.2 Å². The number of fused-ring (bicyclic) bond motifs is 2. The number of benzene rings is 1. The zero-order valence-corrected chi connectivity index (χ0v) is 16.0. The number of carboxylic acid groups (broad SMARTS) is 1. The Morgan fingerprint density at radius 1 is 1.17 bits per heavy atom. The summed E-state index contributed by atoms with van der Waals surface area (Å²) in [5.74, 6) is -0.692. The number of carbonyl (C=O) groups is 2. The van der Waals surface area contributed by atoms with Gasteiger partial charge in [-0.05, 0) is 31.4 Å². The van der Waals surface area contributed by atoms with Crippen molar-refractivity contribution in [3.63, 3.8) is 0 Å². The fraction of sp³-hybridized carbons (Fsp3) is 0.381. The predicted octanol–water partition coefficient (Wildman–Crippen LogP) is 2.76. The number of aromatic amines is 2. The number of H-pyrrole nitrogens is 2. The SMILES string of the molecule is N.O=C(c1cc2ccccc2[nH]1)N1CCc2[nH]nc(C34CC(C(=O)O)(C3)C4)c2C1. The molecule has 0 unspecified atom stereocenters. The summed E-state index contributed by atoms with van der Waals surface area (Å²) in [6, 6.07) is 9.78. The van der Waals surface area contributed by atoms with E-state index in [1.54, 1.807) is 0 Å². The molecular formula is C21H23N5O3. The Bertz CT molecular complexity index is 1110. The lowest BCUT2D eigenvalue weighted by Crippen LogP contribution is -2.68. The first-order valence-electron chi connectivity index (χ1n) is 9.67. The van der Waals surface area contributed by atoms with Gasteiger partial charge in [0, 0.05) is 47.1 Å². The van der Waals surface area contributed by atoms with Gasteiger partial charge in [0.05, 0.1) is 11.1 Å². The van der Waals surface area contributed by atoms with Crippen molar-refractivity contribution in [2.24, 2.45) is 5.41 Å². The maximum atomic E-state index is 13.1. The molecule has 3 fully saturated rings. The molecule has 3 heterocycles. The largest absolute Gasteiger partial charge is 0.481 e. The Hall–Kier alpha value is -3.13. The lowest BCUT2D eigenvalue weighted by atomic mass is 9.34. The van der Waals surface area contributed by atoms with Gasteiger partial charge in [-0.15, -0.1) is 0 Å². The van der Waals surface area contributed by atoms with Crippen LogP contribution in [0.3, 0.4) is 0 Å². The molecule has 0 spiro atoms. The molecule has 29 heavy (non-hydrogen) atoms. The third-order valence-corrected chi connectivity index (χ3v) is 6.97. The van der Waals surface area contributed by atoms with E-state index in [9.17, 15) is 14.7 Å². The molecule has 8 nitrogen and oxygen atoms in total. The number of amides is 1. The van der Waals surface area contributed by atoms with Crippen LogP contribution in [0.4, 0.5) is 0 Å². The number of para-hydroxylation sites is 1. The summed E-state index contributed by atoms with van der Waals surface area (Å²) in [4.78, 5) is 29.6. The molecule has 8 heteroatoms. The predicted molar refractivity (Wildman–Crippen MR) is 106 cm³/mol. The summed E-state index contributed by atoms with van der Waals surface area (Å²) in [7, 11) is 0. The Labute approximate surface area is 166 Å². The fourth-order valence-corrected chi connectivity index (χ4v) is 5.53. The van der Waals surface area contributed by atoms with Gasteiger partial charge in [0.15, 0.2) is 0 Å². The normalized spacial score (nSPS) is 26.8. The molecule has 2 aromatic heterocycles. The Morgan fingerprint density at radius 2 is 1.93 bits per heavy atom. The second-order valence-corrected chi connectivity index (χ2v) is 8.67. The van der Waals surface area contributed by atoms with Gasteiger partial charge < -0.3 is 21.1 Å². The van der Waals surface area contributed by atoms with Crippen molar-refractivity contribution < 1.29 is 14.7 Å². The molecule has 7 rings (SSSR count). The maximum absolute atomic E-state index is 13.1. The van der Waals surface area contributed by atoms with Crippen molar-refractivity contribution in [3.05, 3.63) is 53.0 Å². The lowest BCUT2D eigenvalue weighted by Gasteiger charge is -2.67. The third-order valence-electron chi connectivity index (χ3n) is 6.97. The van der Waals surface area contributed by atoms with E-state index in [0.29, 0.717) is 38.0 Å². The number of rotatable bonds is 3. The molecule has 1 amide bonds. The zero-order chi connectivity index (χ0) is 19.1. The van der Waals surface area contributed by atoms with E-state index < -0.39 is 11.4 Å². The van der Waals surface area contributed by atoms with Crippen molar-refractivity contribution in [3.8, 4) is 0 Å². The van der Waals surface area contributed by atoms with Gasteiger partial charge in [0.1, 0.15) is 5.69 Å². The Balaban J connectivity index is 0.00000181.